The van der Waals surface area contributed by atoms with Crippen LogP contribution in [-0.4, -0.2) is 32.9 Å². The van der Waals surface area contributed by atoms with Crippen LogP contribution in [0, 0.1) is 0 Å². The highest BCUT2D eigenvalue weighted by Gasteiger charge is 2.28. The Hall–Kier alpha value is -1.26. The van der Waals surface area contributed by atoms with Gasteiger partial charge in [-0.3, -0.25) is 0 Å². The van der Waals surface area contributed by atoms with E-state index in [9.17, 15) is 5.11 Å². The Morgan fingerprint density at radius 3 is 2.21 bits per heavy atom. The van der Waals surface area contributed by atoms with Crippen molar-refractivity contribution < 1.29 is 14.6 Å². The summed E-state index contributed by atoms with van der Waals surface area (Å²) >= 11 is 0. The zero-order valence-corrected chi connectivity index (χ0v) is 12.7. The van der Waals surface area contributed by atoms with Crippen LogP contribution >= 0.6 is 0 Å². The molecule has 4 nitrogen and oxygen atoms in total. The van der Waals surface area contributed by atoms with Crippen LogP contribution in [0.1, 0.15) is 37.8 Å². The minimum absolute atomic E-state index is 0.326. The molecule has 1 atom stereocenters. The Balaban J connectivity index is 3.40. The molecular formula is C15H25NO3. The van der Waals surface area contributed by atoms with E-state index in [1.807, 2.05) is 12.1 Å². The quantitative estimate of drug-likeness (QED) is 0.830. The summed E-state index contributed by atoms with van der Waals surface area (Å²) in [7, 11) is 5.07. The molecule has 1 rings (SSSR count). The number of aliphatic hydroxyl groups is 1. The van der Waals surface area contributed by atoms with Crippen molar-refractivity contribution in [2.45, 2.75) is 32.3 Å². The normalized spacial score (nSPS) is 14.3. The van der Waals surface area contributed by atoms with Crippen LogP contribution in [0.15, 0.2) is 12.1 Å². The molecule has 0 aromatic heterocycles. The van der Waals surface area contributed by atoms with E-state index in [4.69, 9.17) is 9.47 Å². The third kappa shape index (κ3) is 3.39. The van der Waals surface area contributed by atoms with Gasteiger partial charge < -0.3 is 19.9 Å². The number of ether oxygens (including phenoxy) is 2. The molecular weight excluding hydrogens is 242 g/mol. The number of nitrogens with one attached hydrogen (secondary N) is 1. The van der Waals surface area contributed by atoms with E-state index in [0.717, 1.165) is 16.9 Å². The van der Waals surface area contributed by atoms with Crippen molar-refractivity contribution in [2.75, 3.05) is 27.8 Å². The lowest BCUT2D eigenvalue weighted by Gasteiger charge is -2.27. The number of methoxy groups -OCH3 is 2. The molecule has 19 heavy (non-hydrogen) atoms. The molecule has 0 saturated heterocycles. The Morgan fingerprint density at radius 2 is 1.79 bits per heavy atom. The monoisotopic (exact) mass is 267 g/mol. The Morgan fingerprint density at radius 1 is 1.21 bits per heavy atom. The highest BCUT2D eigenvalue weighted by Crippen LogP contribution is 2.38. The molecule has 0 saturated carbocycles. The van der Waals surface area contributed by atoms with Gasteiger partial charge in [0, 0.05) is 17.7 Å². The number of likely N-dealkylation sites (N-methyl/N-ethyl adjacent to an activating group) is 1. The van der Waals surface area contributed by atoms with Crippen LogP contribution in [0.2, 0.25) is 0 Å². The van der Waals surface area contributed by atoms with Crippen LogP contribution in [0.5, 0.6) is 11.5 Å². The first-order chi connectivity index (χ1) is 8.87. The molecule has 0 bridgehead atoms. The van der Waals surface area contributed by atoms with Crippen LogP contribution in [0.3, 0.4) is 0 Å². The largest absolute Gasteiger partial charge is 0.496 e. The molecule has 0 aliphatic heterocycles. The molecule has 0 fully saturated rings. The van der Waals surface area contributed by atoms with Crippen molar-refractivity contribution in [2.24, 2.45) is 0 Å². The SMILES string of the molecule is CNCC(C)(O)c1cc(OC)c(C(C)C)cc1OC. The Kier molecular flexibility index (Phi) is 5.20. The lowest BCUT2D eigenvalue weighted by Crippen LogP contribution is -2.34. The Bertz CT molecular complexity index is 428. The second-order valence-corrected chi connectivity index (χ2v) is 5.25. The van der Waals surface area contributed by atoms with E-state index in [2.05, 4.69) is 19.2 Å². The minimum Gasteiger partial charge on any atom is -0.496 e. The molecule has 1 aromatic carbocycles. The first-order valence-corrected chi connectivity index (χ1v) is 6.50. The van der Waals surface area contributed by atoms with Gasteiger partial charge in [0.15, 0.2) is 0 Å². The van der Waals surface area contributed by atoms with Gasteiger partial charge >= 0.3 is 0 Å². The van der Waals surface area contributed by atoms with E-state index in [0.29, 0.717) is 18.2 Å². The average Bonchev–Trinajstić information content (AvgIpc) is 2.36. The van der Waals surface area contributed by atoms with Gasteiger partial charge in [0.1, 0.15) is 17.1 Å². The molecule has 4 heteroatoms. The van der Waals surface area contributed by atoms with E-state index < -0.39 is 5.60 Å². The number of benzene rings is 1. The summed E-state index contributed by atoms with van der Waals surface area (Å²) in [5.41, 5.74) is 0.789. The molecule has 1 aromatic rings. The number of hydrogen-bond acceptors (Lipinski definition) is 4. The smallest absolute Gasteiger partial charge is 0.125 e. The van der Waals surface area contributed by atoms with Gasteiger partial charge in [-0.05, 0) is 32.0 Å². The van der Waals surface area contributed by atoms with Gasteiger partial charge in [-0.15, -0.1) is 0 Å². The van der Waals surface area contributed by atoms with Crippen molar-refractivity contribution in [1.29, 1.82) is 0 Å². The molecule has 0 spiro atoms. The second-order valence-electron chi connectivity index (χ2n) is 5.25. The molecule has 2 N–H and O–H groups in total. The maximum atomic E-state index is 10.5. The van der Waals surface area contributed by atoms with Crippen LogP contribution < -0.4 is 14.8 Å². The second kappa shape index (κ2) is 6.26. The van der Waals surface area contributed by atoms with Gasteiger partial charge in [0.25, 0.3) is 0 Å². The summed E-state index contributed by atoms with van der Waals surface area (Å²) in [6, 6.07) is 3.81. The Labute approximate surface area is 115 Å². The lowest BCUT2D eigenvalue weighted by molar-refractivity contribution is 0.0562. The molecule has 108 valence electrons. The van der Waals surface area contributed by atoms with Crippen molar-refractivity contribution in [3.8, 4) is 11.5 Å². The van der Waals surface area contributed by atoms with Crippen LogP contribution in [0.25, 0.3) is 0 Å². The summed E-state index contributed by atoms with van der Waals surface area (Å²) in [6.07, 6.45) is 0. The molecule has 0 amide bonds. The zero-order chi connectivity index (χ0) is 14.6. The van der Waals surface area contributed by atoms with Crippen LogP contribution in [0.4, 0.5) is 0 Å². The van der Waals surface area contributed by atoms with E-state index in [-0.39, 0.29) is 0 Å². The summed E-state index contributed by atoms with van der Waals surface area (Å²) in [5.74, 6) is 1.79. The number of rotatable bonds is 6. The van der Waals surface area contributed by atoms with Gasteiger partial charge in [-0.1, -0.05) is 13.8 Å². The number of hydrogen-bond donors (Lipinski definition) is 2. The summed E-state index contributed by atoms with van der Waals surface area (Å²) in [6.45, 7) is 6.40. The maximum absolute atomic E-state index is 10.5. The standard InChI is InChI=1S/C15H25NO3/c1-10(2)11-7-14(19-6)12(8-13(11)18-5)15(3,17)9-16-4/h7-8,10,16-17H,9H2,1-6H3. The maximum Gasteiger partial charge on any atom is 0.125 e. The van der Waals surface area contributed by atoms with E-state index >= 15 is 0 Å². The zero-order valence-electron chi connectivity index (χ0n) is 12.7. The highest BCUT2D eigenvalue weighted by molar-refractivity contribution is 5.50. The summed E-state index contributed by atoms with van der Waals surface area (Å²) in [4.78, 5) is 0. The lowest BCUT2D eigenvalue weighted by atomic mass is 9.91. The fourth-order valence-electron chi connectivity index (χ4n) is 2.23. The van der Waals surface area contributed by atoms with E-state index in [1.54, 1.807) is 28.2 Å². The third-order valence-electron chi connectivity index (χ3n) is 3.28. The fraction of sp³-hybridized carbons (Fsp3) is 0.600. The minimum atomic E-state index is -1.01. The fourth-order valence-corrected chi connectivity index (χ4v) is 2.23. The van der Waals surface area contributed by atoms with Crippen molar-refractivity contribution in [1.82, 2.24) is 5.32 Å². The van der Waals surface area contributed by atoms with Crippen molar-refractivity contribution in [3.05, 3.63) is 23.3 Å². The van der Waals surface area contributed by atoms with Crippen molar-refractivity contribution in [3.63, 3.8) is 0 Å². The summed E-state index contributed by atoms with van der Waals surface area (Å²) in [5, 5.41) is 13.5. The molecule has 0 aliphatic carbocycles. The molecule has 0 radical (unpaired) electrons. The predicted octanol–water partition coefficient (Wildman–Crippen LogP) is 2.25. The van der Waals surface area contributed by atoms with Gasteiger partial charge in [0.05, 0.1) is 14.2 Å². The highest BCUT2D eigenvalue weighted by atomic mass is 16.5. The first-order valence-electron chi connectivity index (χ1n) is 6.50. The first kappa shape index (κ1) is 15.8. The predicted molar refractivity (Wildman–Crippen MR) is 77.1 cm³/mol. The van der Waals surface area contributed by atoms with Gasteiger partial charge in [-0.2, -0.15) is 0 Å². The molecule has 1 unspecified atom stereocenters. The third-order valence-corrected chi connectivity index (χ3v) is 3.28. The van der Waals surface area contributed by atoms with Crippen LogP contribution in [-0.2, 0) is 5.60 Å². The van der Waals surface area contributed by atoms with Crippen molar-refractivity contribution >= 4 is 0 Å². The summed E-state index contributed by atoms with van der Waals surface area (Å²) < 4.78 is 10.9. The molecule has 0 aliphatic rings. The van der Waals surface area contributed by atoms with E-state index in [1.165, 1.54) is 0 Å². The van der Waals surface area contributed by atoms with Gasteiger partial charge in [-0.25, -0.2) is 0 Å². The molecule has 0 heterocycles. The average molecular weight is 267 g/mol. The van der Waals surface area contributed by atoms with Gasteiger partial charge in [0.2, 0.25) is 0 Å². The topological polar surface area (TPSA) is 50.7 Å².